The SMILES string of the molecule is CC1(C)CCC[C@@]2(C)[C@H]1C(OC(=O)/C=C/C=C/C=O)C=C1COC(=O)[C@@]12O. The van der Waals surface area contributed by atoms with Gasteiger partial charge in [0.15, 0.2) is 5.60 Å². The maximum Gasteiger partial charge on any atom is 0.343 e. The monoisotopic (exact) mass is 374 g/mol. The zero-order chi connectivity index (χ0) is 19.9. The summed E-state index contributed by atoms with van der Waals surface area (Å²) < 4.78 is 10.9. The first kappa shape index (κ1) is 19.5. The topological polar surface area (TPSA) is 89.9 Å². The molecule has 0 aromatic rings. The summed E-state index contributed by atoms with van der Waals surface area (Å²) in [6.07, 6.45) is 9.59. The van der Waals surface area contributed by atoms with Crippen molar-refractivity contribution in [3.63, 3.8) is 0 Å². The smallest absolute Gasteiger partial charge is 0.343 e. The summed E-state index contributed by atoms with van der Waals surface area (Å²) >= 11 is 0. The number of cyclic esters (lactones) is 1. The number of esters is 2. The van der Waals surface area contributed by atoms with Crippen LogP contribution in [0.1, 0.15) is 40.0 Å². The Morgan fingerprint density at radius 2 is 2.00 bits per heavy atom. The van der Waals surface area contributed by atoms with Crippen LogP contribution < -0.4 is 0 Å². The lowest BCUT2D eigenvalue weighted by Gasteiger charge is -2.59. The van der Waals surface area contributed by atoms with Crippen LogP contribution in [-0.2, 0) is 23.9 Å². The van der Waals surface area contributed by atoms with Gasteiger partial charge in [0.1, 0.15) is 19.0 Å². The summed E-state index contributed by atoms with van der Waals surface area (Å²) in [5.74, 6) is -1.38. The van der Waals surface area contributed by atoms with Crippen molar-refractivity contribution in [1.82, 2.24) is 0 Å². The molecule has 2 fully saturated rings. The average Bonchev–Trinajstić information content (AvgIpc) is 2.88. The number of rotatable bonds is 4. The number of carbonyl (C=O) groups is 3. The van der Waals surface area contributed by atoms with Crippen LogP contribution in [0.4, 0.5) is 0 Å². The molecule has 1 saturated heterocycles. The number of aliphatic hydroxyl groups is 1. The lowest BCUT2D eigenvalue weighted by molar-refractivity contribution is -0.194. The molecular weight excluding hydrogens is 348 g/mol. The minimum absolute atomic E-state index is 0.0179. The van der Waals surface area contributed by atoms with Crippen molar-refractivity contribution in [2.45, 2.75) is 51.7 Å². The molecule has 1 aliphatic heterocycles. The van der Waals surface area contributed by atoms with E-state index in [1.54, 1.807) is 6.08 Å². The maximum absolute atomic E-state index is 12.5. The summed E-state index contributed by atoms with van der Waals surface area (Å²) in [5, 5.41) is 11.4. The van der Waals surface area contributed by atoms with Gasteiger partial charge in [0.25, 0.3) is 0 Å². The Kier molecular flexibility index (Phi) is 4.89. The Morgan fingerprint density at radius 1 is 1.26 bits per heavy atom. The van der Waals surface area contributed by atoms with Crippen LogP contribution in [0.3, 0.4) is 0 Å². The molecule has 1 saturated carbocycles. The van der Waals surface area contributed by atoms with Crippen molar-refractivity contribution >= 4 is 18.2 Å². The minimum Gasteiger partial charge on any atom is -0.459 e. The first-order valence-electron chi connectivity index (χ1n) is 9.27. The molecule has 1 unspecified atom stereocenters. The molecule has 0 bridgehead atoms. The van der Waals surface area contributed by atoms with Crippen LogP contribution in [0.25, 0.3) is 0 Å². The fourth-order valence-corrected chi connectivity index (χ4v) is 5.36. The third-order valence-corrected chi connectivity index (χ3v) is 6.47. The number of carbonyl (C=O) groups excluding carboxylic acids is 3. The van der Waals surface area contributed by atoms with E-state index in [0.717, 1.165) is 12.8 Å². The molecular formula is C21H26O6. The second-order valence-corrected chi connectivity index (χ2v) is 8.50. The number of aldehydes is 1. The van der Waals surface area contributed by atoms with Gasteiger partial charge in [-0.15, -0.1) is 0 Å². The van der Waals surface area contributed by atoms with E-state index in [4.69, 9.17) is 9.47 Å². The van der Waals surface area contributed by atoms with Crippen LogP contribution in [0.5, 0.6) is 0 Å². The van der Waals surface area contributed by atoms with E-state index >= 15 is 0 Å². The Hall–Kier alpha value is -2.21. The highest BCUT2D eigenvalue weighted by atomic mass is 16.6. The second kappa shape index (κ2) is 6.75. The van der Waals surface area contributed by atoms with Gasteiger partial charge < -0.3 is 14.6 Å². The highest BCUT2D eigenvalue weighted by Gasteiger charge is 2.69. The van der Waals surface area contributed by atoms with Gasteiger partial charge >= 0.3 is 11.9 Å². The molecule has 146 valence electrons. The van der Waals surface area contributed by atoms with Gasteiger partial charge in [-0.1, -0.05) is 39.3 Å². The Bertz CT molecular complexity index is 746. The van der Waals surface area contributed by atoms with Gasteiger partial charge in [0, 0.05) is 23.0 Å². The number of allylic oxidation sites excluding steroid dienone is 3. The number of hydrogen-bond donors (Lipinski definition) is 1. The molecule has 1 N–H and O–H groups in total. The highest BCUT2D eigenvalue weighted by Crippen LogP contribution is 2.63. The first-order chi connectivity index (χ1) is 12.7. The Labute approximate surface area is 158 Å². The lowest BCUT2D eigenvalue weighted by Crippen LogP contribution is -2.65. The zero-order valence-corrected chi connectivity index (χ0v) is 15.9. The van der Waals surface area contributed by atoms with Gasteiger partial charge in [0.05, 0.1) is 0 Å². The highest BCUT2D eigenvalue weighted by molar-refractivity contribution is 5.88. The zero-order valence-electron chi connectivity index (χ0n) is 15.9. The van der Waals surface area contributed by atoms with Crippen LogP contribution >= 0.6 is 0 Å². The molecule has 3 rings (SSSR count). The fraction of sp³-hybridized carbons (Fsp3) is 0.571. The van der Waals surface area contributed by atoms with Crippen LogP contribution in [0, 0.1) is 16.7 Å². The van der Waals surface area contributed by atoms with E-state index < -0.39 is 29.1 Å². The standard InChI is InChI=1S/C21H26O6/c1-19(2)9-7-10-20(3)17(19)15(27-16(23)8-5-4-6-11-22)12-14-13-26-18(24)21(14,20)25/h4-6,8,11-12,15,17,25H,7,9-10,13H2,1-3H3/b6-4+,8-5+/t15?,17-,20-,21-/m0/s1. The molecule has 0 radical (unpaired) electrons. The van der Waals surface area contributed by atoms with Gasteiger partial charge in [-0.05, 0) is 30.4 Å². The van der Waals surface area contributed by atoms with Crippen LogP contribution in [0.2, 0.25) is 0 Å². The van der Waals surface area contributed by atoms with Gasteiger partial charge in [-0.3, -0.25) is 4.79 Å². The molecule has 3 aliphatic rings. The van der Waals surface area contributed by atoms with Crippen molar-refractivity contribution in [3.05, 3.63) is 36.0 Å². The largest absolute Gasteiger partial charge is 0.459 e. The number of fused-ring (bicyclic) bond motifs is 3. The Morgan fingerprint density at radius 3 is 2.70 bits per heavy atom. The summed E-state index contributed by atoms with van der Waals surface area (Å²) in [6, 6.07) is 0. The second-order valence-electron chi connectivity index (χ2n) is 8.50. The average molecular weight is 374 g/mol. The summed E-state index contributed by atoms with van der Waals surface area (Å²) in [7, 11) is 0. The van der Waals surface area contributed by atoms with Gasteiger partial charge in [0.2, 0.25) is 0 Å². The molecule has 0 spiro atoms. The van der Waals surface area contributed by atoms with Gasteiger partial charge in [-0.25, -0.2) is 9.59 Å². The van der Waals surface area contributed by atoms with Crippen molar-refractivity contribution in [2.24, 2.45) is 16.7 Å². The Balaban J connectivity index is 1.98. The lowest BCUT2D eigenvalue weighted by atomic mass is 9.46. The fourth-order valence-electron chi connectivity index (χ4n) is 5.36. The minimum atomic E-state index is -1.67. The van der Waals surface area contributed by atoms with E-state index in [1.165, 1.54) is 24.3 Å². The van der Waals surface area contributed by atoms with E-state index in [9.17, 15) is 19.5 Å². The van der Waals surface area contributed by atoms with Crippen molar-refractivity contribution < 1.29 is 29.0 Å². The van der Waals surface area contributed by atoms with Crippen molar-refractivity contribution in [1.29, 1.82) is 0 Å². The molecule has 4 atom stereocenters. The number of ether oxygens (including phenoxy) is 2. The predicted molar refractivity (Wildman–Crippen MR) is 97.4 cm³/mol. The molecule has 1 heterocycles. The third kappa shape index (κ3) is 2.96. The predicted octanol–water partition coefficient (Wildman–Crippen LogP) is 2.27. The molecule has 27 heavy (non-hydrogen) atoms. The third-order valence-electron chi connectivity index (χ3n) is 6.47. The quantitative estimate of drug-likeness (QED) is 0.267. The van der Waals surface area contributed by atoms with E-state index in [2.05, 4.69) is 13.8 Å². The normalized spacial score (nSPS) is 37.5. The molecule has 0 aromatic carbocycles. The van der Waals surface area contributed by atoms with E-state index in [-0.39, 0.29) is 17.9 Å². The summed E-state index contributed by atoms with van der Waals surface area (Å²) in [5.41, 5.74) is -2.20. The maximum atomic E-state index is 12.5. The van der Waals surface area contributed by atoms with Crippen molar-refractivity contribution in [2.75, 3.05) is 6.61 Å². The van der Waals surface area contributed by atoms with E-state index in [0.29, 0.717) is 18.3 Å². The van der Waals surface area contributed by atoms with Crippen LogP contribution in [0.15, 0.2) is 36.0 Å². The number of hydrogen-bond acceptors (Lipinski definition) is 6. The summed E-state index contributed by atoms with van der Waals surface area (Å²) in [4.78, 5) is 35.0. The van der Waals surface area contributed by atoms with E-state index in [1.807, 2.05) is 6.92 Å². The molecule has 6 heteroatoms. The first-order valence-corrected chi connectivity index (χ1v) is 9.27. The van der Waals surface area contributed by atoms with Crippen LogP contribution in [-0.4, -0.2) is 41.6 Å². The molecule has 0 amide bonds. The van der Waals surface area contributed by atoms with Crippen molar-refractivity contribution in [3.8, 4) is 0 Å². The summed E-state index contributed by atoms with van der Waals surface area (Å²) in [6.45, 7) is 6.09. The molecule has 6 nitrogen and oxygen atoms in total. The molecule has 2 aliphatic carbocycles. The molecule has 0 aromatic heterocycles. The van der Waals surface area contributed by atoms with Gasteiger partial charge in [-0.2, -0.15) is 0 Å².